The second-order valence-corrected chi connectivity index (χ2v) is 3.61. The molecule has 5 heteroatoms. The normalized spacial score (nSPS) is 11.5. The number of carbonyl (C=O) groups excluding carboxylic acids is 1. The fraction of sp³-hybridized carbons (Fsp3) is 0.222. The van der Waals surface area contributed by atoms with Crippen molar-refractivity contribution in [2.75, 3.05) is 0 Å². The van der Waals surface area contributed by atoms with Gasteiger partial charge in [0.15, 0.2) is 0 Å². The number of halogens is 4. The lowest BCUT2D eigenvalue weighted by atomic mass is 10.1. The Hall–Kier alpha value is -0.840. The Labute approximate surface area is 87.1 Å². The molecule has 0 spiro atoms. The van der Waals surface area contributed by atoms with Crippen LogP contribution in [0.15, 0.2) is 22.7 Å². The summed E-state index contributed by atoms with van der Waals surface area (Å²) < 4.78 is 39.1. The molecular weight excluding hydrogens is 261 g/mol. The third-order valence-electron chi connectivity index (χ3n) is 1.72. The number of carbonyl (C=O) groups is 1. The van der Waals surface area contributed by atoms with Crippen LogP contribution in [-0.2, 0) is 10.7 Å². The van der Waals surface area contributed by atoms with E-state index in [2.05, 4.69) is 15.9 Å². The highest BCUT2D eigenvalue weighted by Crippen LogP contribution is 2.30. The molecule has 1 aromatic rings. The van der Waals surface area contributed by atoms with E-state index in [1.807, 2.05) is 0 Å². The minimum absolute atomic E-state index is 0.0839. The Morgan fingerprint density at radius 3 is 2.43 bits per heavy atom. The molecule has 0 saturated heterocycles. The molecule has 0 heterocycles. The highest BCUT2D eigenvalue weighted by Gasteiger charge is 2.37. The molecule has 0 aliphatic rings. The number of hydrogen-bond donors (Lipinski definition) is 0. The molecule has 0 amide bonds. The SMILES string of the molecule is CC(=O)C(F)(F)c1ccc(Br)c(F)c1. The molecule has 14 heavy (non-hydrogen) atoms. The molecule has 0 atom stereocenters. The zero-order valence-electron chi connectivity index (χ0n) is 7.15. The van der Waals surface area contributed by atoms with Crippen LogP contribution in [0.4, 0.5) is 13.2 Å². The highest BCUT2D eigenvalue weighted by molar-refractivity contribution is 9.10. The summed E-state index contributed by atoms with van der Waals surface area (Å²) in [5, 5.41) is 0. The predicted molar refractivity (Wildman–Crippen MR) is 48.7 cm³/mol. The van der Waals surface area contributed by atoms with Crippen molar-refractivity contribution in [1.82, 2.24) is 0 Å². The van der Waals surface area contributed by atoms with Crippen LogP contribution < -0.4 is 0 Å². The first-order valence-corrected chi connectivity index (χ1v) is 4.49. The van der Waals surface area contributed by atoms with Crippen molar-refractivity contribution >= 4 is 21.7 Å². The largest absolute Gasteiger partial charge is 0.330 e. The summed E-state index contributed by atoms with van der Waals surface area (Å²) in [7, 11) is 0. The molecule has 0 N–H and O–H groups in total. The average molecular weight is 267 g/mol. The van der Waals surface area contributed by atoms with Gasteiger partial charge in [0.2, 0.25) is 5.78 Å². The summed E-state index contributed by atoms with van der Waals surface area (Å²) in [6.45, 7) is 0.764. The number of hydrogen-bond acceptors (Lipinski definition) is 1. The number of benzene rings is 1. The monoisotopic (exact) mass is 266 g/mol. The lowest BCUT2D eigenvalue weighted by molar-refractivity contribution is -0.141. The lowest BCUT2D eigenvalue weighted by Gasteiger charge is -2.12. The summed E-state index contributed by atoms with van der Waals surface area (Å²) in [5.41, 5.74) is -0.634. The standard InChI is InChI=1S/C9H6BrF3O/c1-5(14)9(12,13)6-2-3-7(10)8(11)4-6/h2-4H,1H3. The Morgan fingerprint density at radius 1 is 1.43 bits per heavy atom. The quantitative estimate of drug-likeness (QED) is 0.803. The number of ketones is 1. The second-order valence-electron chi connectivity index (χ2n) is 2.76. The number of rotatable bonds is 2. The molecule has 0 unspecified atom stereocenters. The molecule has 0 aromatic heterocycles. The zero-order valence-corrected chi connectivity index (χ0v) is 8.74. The molecule has 0 radical (unpaired) electrons. The van der Waals surface area contributed by atoms with E-state index < -0.39 is 23.1 Å². The van der Waals surface area contributed by atoms with Crippen LogP contribution >= 0.6 is 15.9 Å². The molecule has 0 aliphatic heterocycles. The molecule has 0 aliphatic carbocycles. The van der Waals surface area contributed by atoms with Gasteiger partial charge in [0, 0.05) is 12.5 Å². The summed E-state index contributed by atoms with van der Waals surface area (Å²) in [6.07, 6.45) is 0. The van der Waals surface area contributed by atoms with Crippen LogP contribution in [0.25, 0.3) is 0 Å². The van der Waals surface area contributed by atoms with Crippen LogP contribution in [-0.4, -0.2) is 5.78 Å². The van der Waals surface area contributed by atoms with Gasteiger partial charge < -0.3 is 0 Å². The molecule has 1 aromatic carbocycles. The summed E-state index contributed by atoms with van der Waals surface area (Å²) in [4.78, 5) is 10.6. The first-order chi connectivity index (χ1) is 6.35. The Bertz CT molecular complexity index is 376. The molecule has 0 fully saturated rings. The molecule has 76 valence electrons. The van der Waals surface area contributed by atoms with Crippen molar-refractivity contribution in [3.63, 3.8) is 0 Å². The first-order valence-electron chi connectivity index (χ1n) is 3.70. The van der Waals surface area contributed by atoms with Gasteiger partial charge in [-0.25, -0.2) is 4.39 Å². The Balaban J connectivity index is 3.21. The second kappa shape index (κ2) is 3.73. The molecular formula is C9H6BrF3O. The third-order valence-corrected chi connectivity index (χ3v) is 2.37. The Morgan fingerprint density at radius 2 is 2.00 bits per heavy atom. The maximum Gasteiger partial charge on any atom is 0.330 e. The summed E-state index contributed by atoms with van der Waals surface area (Å²) >= 11 is 2.83. The summed E-state index contributed by atoms with van der Waals surface area (Å²) in [5.74, 6) is -5.75. The van der Waals surface area contributed by atoms with Gasteiger partial charge in [0.1, 0.15) is 5.82 Å². The van der Waals surface area contributed by atoms with Crippen LogP contribution in [0.2, 0.25) is 0 Å². The van der Waals surface area contributed by atoms with Gasteiger partial charge in [0.25, 0.3) is 0 Å². The van der Waals surface area contributed by atoms with Crippen LogP contribution in [0.1, 0.15) is 12.5 Å². The van der Waals surface area contributed by atoms with Gasteiger partial charge in [-0.3, -0.25) is 4.79 Å². The van der Waals surface area contributed by atoms with Crippen molar-refractivity contribution in [3.05, 3.63) is 34.1 Å². The zero-order chi connectivity index (χ0) is 10.9. The fourth-order valence-corrected chi connectivity index (χ4v) is 1.14. The van der Waals surface area contributed by atoms with Crippen molar-refractivity contribution in [2.45, 2.75) is 12.8 Å². The van der Waals surface area contributed by atoms with Crippen molar-refractivity contribution < 1.29 is 18.0 Å². The maximum atomic E-state index is 13.1. The predicted octanol–water partition coefficient (Wildman–Crippen LogP) is 3.27. The van der Waals surface area contributed by atoms with Gasteiger partial charge in [-0.1, -0.05) is 6.07 Å². The average Bonchev–Trinajstić information content (AvgIpc) is 2.09. The molecule has 0 saturated carbocycles. The van der Waals surface area contributed by atoms with E-state index in [1.165, 1.54) is 0 Å². The molecule has 1 rings (SSSR count). The van der Waals surface area contributed by atoms with Crippen molar-refractivity contribution in [2.24, 2.45) is 0 Å². The maximum absolute atomic E-state index is 13.1. The van der Waals surface area contributed by atoms with Crippen LogP contribution in [0, 0.1) is 5.82 Å². The fourth-order valence-electron chi connectivity index (χ4n) is 0.895. The smallest absolute Gasteiger partial charge is 0.293 e. The van der Waals surface area contributed by atoms with Gasteiger partial charge in [-0.15, -0.1) is 0 Å². The minimum Gasteiger partial charge on any atom is -0.293 e. The Kier molecular flexibility index (Phi) is 2.99. The van der Waals surface area contributed by atoms with E-state index >= 15 is 0 Å². The van der Waals surface area contributed by atoms with Gasteiger partial charge in [-0.05, 0) is 28.1 Å². The van der Waals surface area contributed by atoms with E-state index in [4.69, 9.17) is 0 Å². The molecule has 1 nitrogen and oxygen atoms in total. The number of alkyl halides is 2. The van der Waals surface area contributed by atoms with Crippen molar-refractivity contribution in [3.8, 4) is 0 Å². The first kappa shape index (κ1) is 11.2. The molecule has 0 bridgehead atoms. The number of Topliss-reactive ketones (excluding diaryl/α,β-unsaturated/α-hetero) is 1. The summed E-state index contributed by atoms with van der Waals surface area (Å²) in [6, 6.07) is 2.79. The topological polar surface area (TPSA) is 17.1 Å². The van der Waals surface area contributed by atoms with E-state index in [0.717, 1.165) is 19.1 Å². The third kappa shape index (κ3) is 1.97. The lowest BCUT2D eigenvalue weighted by Crippen LogP contribution is -2.23. The van der Waals surface area contributed by atoms with Gasteiger partial charge in [-0.2, -0.15) is 8.78 Å². The van der Waals surface area contributed by atoms with Crippen LogP contribution in [0.5, 0.6) is 0 Å². The van der Waals surface area contributed by atoms with Crippen molar-refractivity contribution in [1.29, 1.82) is 0 Å². The van der Waals surface area contributed by atoms with E-state index in [0.29, 0.717) is 6.07 Å². The van der Waals surface area contributed by atoms with Gasteiger partial charge in [0.05, 0.1) is 4.47 Å². The van der Waals surface area contributed by atoms with E-state index in [-0.39, 0.29) is 4.47 Å². The minimum atomic E-state index is -3.62. The van der Waals surface area contributed by atoms with E-state index in [1.54, 1.807) is 0 Å². The van der Waals surface area contributed by atoms with Crippen LogP contribution in [0.3, 0.4) is 0 Å². The van der Waals surface area contributed by atoms with E-state index in [9.17, 15) is 18.0 Å². The van der Waals surface area contributed by atoms with Gasteiger partial charge >= 0.3 is 5.92 Å². The highest BCUT2D eigenvalue weighted by atomic mass is 79.9.